The lowest BCUT2D eigenvalue weighted by Gasteiger charge is -2.27. The Morgan fingerprint density at radius 1 is 1.32 bits per heavy atom. The number of ether oxygens (including phenoxy) is 1. The summed E-state index contributed by atoms with van der Waals surface area (Å²) in [4.78, 5) is 16.3. The summed E-state index contributed by atoms with van der Waals surface area (Å²) in [6.07, 6.45) is 5.91. The molecular formula is C20H26N2O3. The molecule has 3 rings (SSSR count). The first-order valence-corrected chi connectivity index (χ1v) is 9.12. The Labute approximate surface area is 148 Å². The number of carbonyl (C=O) groups is 1. The molecule has 0 radical (unpaired) electrons. The summed E-state index contributed by atoms with van der Waals surface area (Å²) in [5, 5.41) is 10.2. The van der Waals surface area contributed by atoms with E-state index >= 15 is 0 Å². The highest BCUT2D eigenvalue weighted by Gasteiger charge is 2.23. The van der Waals surface area contributed by atoms with Gasteiger partial charge in [0, 0.05) is 0 Å². The van der Waals surface area contributed by atoms with E-state index in [4.69, 9.17) is 10.5 Å². The molecule has 1 aliphatic rings. The zero-order valence-corrected chi connectivity index (χ0v) is 14.9. The van der Waals surface area contributed by atoms with E-state index in [0.717, 1.165) is 38.0 Å². The fraction of sp³-hybridized carbons (Fsp3) is 0.500. The number of benzene rings is 1. The van der Waals surface area contributed by atoms with Crippen molar-refractivity contribution in [3.8, 4) is 5.75 Å². The van der Waals surface area contributed by atoms with Crippen LogP contribution in [0.4, 0.5) is 5.69 Å². The highest BCUT2D eigenvalue weighted by atomic mass is 16.5. The van der Waals surface area contributed by atoms with Gasteiger partial charge in [-0.3, -0.25) is 4.98 Å². The minimum absolute atomic E-state index is 0.114. The Bertz CT molecular complexity index is 780. The van der Waals surface area contributed by atoms with E-state index in [1.807, 2.05) is 25.1 Å². The zero-order valence-electron chi connectivity index (χ0n) is 14.9. The summed E-state index contributed by atoms with van der Waals surface area (Å²) >= 11 is 0. The Balaban J connectivity index is 2.05. The number of anilines is 1. The third-order valence-corrected chi connectivity index (χ3v) is 5.04. The van der Waals surface area contributed by atoms with E-state index in [-0.39, 0.29) is 17.4 Å². The number of rotatable bonds is 5. The van der Waals surface area contributed by atoms with Gasteiger partial charge in [-0.05, 0) is 50.2 Å². The molecule has 134 valence electrons. The van der Waals surface area contributed by atoms with Crippen LogP contribution in [-0.4, -0.2) is 22.2 Å². The second kappa shape index (κ2) is 7.30. The monoisotopic (exact) mass is 342 g/mol. The van der Waals surface area contributed by atoms with Crippen molar-refractivity contribution in [3.05, 3.63) is 29.5 Å². The second-order valence-corrected chi connectivity index (χ2v) is 7.05. The quantitative estimate of drug-likeness (QED) is 0.840. The van der Waals surface area contributed by atoms with Crippen molar-refractivity contribution >= 4 is 22.6 Å². The largest absolute Gasteiger partial charge is 0.490 e. The molecule has 0 spiro atoms. The molecule has 5 heteroatoms. The molecule has 1 fully saturated rings. The van der Waals surface area contributed by atoms with Crippen LogP contribution in [0.3, 0.4) is 0 Å². The van der Waals surface area contributed by atoms with Gasteiger partial charge in [-0.1, -0.05) is 26.3 Å². The number of nitrogen functional groups attached to an aromatic ring is 1. The minimum atomic E-state index is -1.03. The van der Waals surface area contributed by atoms with Crippen molar-refractivity contribution in [1.29, 1.82) is 0 Å². The third kappa shape index (κ3) is 3.55. The number of nitrogens with two attached hydrogens (primary N) is 1. The number of aryl methyl sites for hydroxylation is 1. The van der Waals surface area contributed by atoms with Gasteiger partial charge < -0.3 is 15.6 Å². The van der Waals surface area contributed by atoms with Crippen LogP contribution in [0.2, 0.25) is 0 Å². The molecule has 1 aromatic carbocycles. The number of hydrogen-bond donors (Lipinski definition) is 2. The van der Waals surface area contributed by atoms with E-state index < -0.39 is 5.97 Å². The van der Waals surface area contributed by atoms with Crippen LogP contribution in [0.25, 0.3) is 10.9 Å². The van der Waals surface area contributed by atoms with Gasteiger partial charge in [-0.15, -0.1) is 0 Å². The first-order valence-electron chi connectivity index (χ1n) is 9.12. The Kier molecular flexibility index (Phi) is 5.11. The molecule has 0 unspecified atom stereocenters. The van der Waals surface area contributed by atoms with Crippen LogP contribution in [0.1, 0.15) is 62.0 Å². The van der Waals surface area contributed by atoms with Crippen molar-refractivity contribution in [2.24, 2.45) is 5.92 Å². The summed E-state index contributed by atoms with van der Waals surface area (Å²) in [5.74, 6) is 0.360. The highest BCUT2D eigenvalue weighted by molar-refractivity contribution is 6.06. The number of hydrogen-bond acceptors (Lipinski definition) is 4. The fourth-order valence-electron chi connectivity index (χ4n) is 3.65. The molecule has 0 atom stereocenters. The van der Waals surface area contributed by atoms with Gasteiger partial charge in [-0.2, -0.15) is 0 Å². The van der Waals surface area contributed by atoms with Crippen molar-refractivity contribution < 1.29 is 14.6 Å². The van der Waals surface area contributed by atoms with Crippen LogP contribution in [0, 0.1) is 5.92 Å². The van der Waals surface area contributed by atoms with Crippen molar-refractivity contribution in [3.63, 3.8) is 0 Å². The minimum Gasteiger partial charge on any atom is -0.490 e. The van der Waals surface area contributed by atoms with E-state index in [2.05, 4.69) is 11.9 Å². The highest BCUT2D eigenvalue weighted by Crippen LogP contribution is 2.36. The molecule has 1 aliphatic carbocycles. The molecule has 0 saturated heterocycles. The fourth-order valence-corrected chi connectivity index (χ4v) is 3.65. The van der Waals surface area contributed by atoms with Crippen LogP contribution >= 0.6 is 0 Å². The maximum absolute atomic E-state index is 11.7. The Morgan fingerprint density at radius 3 is 2.68 bits per heavy atom. The predicted octanol–water partition coefficient (Wildman–Crippen LogP) is 4.43. The lowest BCUT2D eigenvalue weighted by atomic mass is 9.89. The first-order chi connectivity index (χ1) is 12.0. The molecule has 0 amide bonds. The summed E-state index contributed by atoms with van der Waals surface area (Å²) in [6, 6.07) is 5.63. The first kappa shape index (κ1) is 17.5. The number of nitrogens with zero attached hydrogens (tertiary/aromatic N) is 1. The summed E-state index contributed by atoms with van der Waals surface area (Å²) in [7, 11) is 0. The van der Waals surface area contributed by atoms with Gasteiger partial charge in [0.2, 0.25) is 0 Å². The third-order valence-electron chi connectivity index (χ3n) is 5.04. The van der Waals surface area contributed by atoms with Crippen molar-refractivity contribution in [2.45, 2.75) is 58.5 Å². The number of fused-ring (bicyclic) bond motifs is 1. The molecule has 0 bridgehead atoms. The number of aromatic nitrogens is 1. The van der Waals surface area contributed by atoms with Gasteiger partial charge in [0.1, 0.15) is 11.3 Å². The zero-order chi connectivity index (χ0) is 18.0. The molecule has 0 aliphatic heterocycles. The molecule has 25 heavy (non-hydrogen) atoms. The molecule has 2 aromatic rings. The molecule has 1 aromatic heterocycles. The topological polar surface area (TPSA) is 85.4 Å². The van der Waals surface area contributed by atoms with E-state index in [9.17, 15) is 9.90 Å². The van der Waals surface area contributed by atoms with Crippen molar-refractivity contribution in [1.82, 2.24) is 4.98 Å². The average Bonchev–Trinajstić information content (AvgIpc) is 2.57. The van der Waals surface area contributed by atoms with Gasteiger partial charge >= 0.3 is 5.97 Å². The van der Waals surface area contributed by atoms with Crippen LogP contribution in [0.5, 0.6) is 5.75 Å². The van der Waals surface area contributed by atoms with E-state index in [0.29, 0.717) is 28.8 Å². The normalized spacial score (nSPS) is 20.6. The maximum atomic E-state index is 11.7. The number of aromatic carboxylic acids is 1. The lowest BCUT2D eigenvalue weighted by molar-refractivity contribution is 0.0696. The predicted molar refractivity (Wildman–Crippen MR) is 99.2 cm³/mol. The molecule has 5 nitrogen and oxygen atoms in total. The second-order valence-electron chi connectivity index (χ2n) is 7.05. The van der Waals surface area contributed by atoms with Gasteiger partial charge in [0.15, 0.2) is 0 Å². The lowest BCUT2D eigenvalue weighted by Crippen LogP contribution is -2.23. The van der Waals surface area contributed by atoms with Crippen LogP contribution in [-0.2, 0) is 6.42 Å². The van der Waals surface area contributed by atoms with E-state index in [1.165, 1.54) is 0 Å². The Hall–Kier alpha value is -2.30. The number of pyridine rings is 1. The summed E-state index contributed by atoms with van der Waals surface area (Å²) in [6.45, 7) is 4.27. The maximum Gasteiger partial charge on any atom is 0.339 e. The molecular weight excluding hydrogens is 316 g/mol. The summed E-state index contributed by atoms with van der Waals surface area (Å²) in [5.41, 5.74) is 7.90. The van der Waals surface area contributed by atoms with Crippen molar-refractivity contribution in [2.75, 3.05) is 5.73 Å². The smallest absolute Gasteiger partial charge is 0.339 e. The standard InChI is InChI=1S/C20H26N2O3/c1-3-5-14-18(20(23)24)19(21)17-15(22-14)6-4-7-16(17)25-13-10-8-12(2)9-11-13/h4,6-7,12-13H,3,5,8-11H2,1-2H3,(H2,21,22)(H,23,24)/t12-,13-. The van der Waals surface area contributed by atoms with Gasteiger partial charge in [0.05, 0.1) is 28.4 Å². The molecule has 1 saturated carbocycles. The Morgan fingerprint density at radius 2 is 2.04 bits per heavy atom. The SMILES string of the molecule is CCCc1nc2cccc(O[C@H]3CC[C@H](C)CC3)c2c(N)c1C(=O)O. The van der Waals surface area contributed by atoms with Gasteiger partial charge in [-0.25, -0.2) is 4.79 Å². The van der Waals surface area contributed by atoms with E-state index in [1.54, 1.807) is 0 Å². The van der Waals surface area contributed by atoms with Gasteiger partial charge in [0.25, 0.3) is 0 Å². The number of carboxylic acids is 1. The number of carboxylic acid groups (broad SMARTS) is 1. The molecule has 3 N–H and O–H groups in total. The van der Waals surface area contributed by atoms with Crippen LogP contribution < -0.4 is 10.5 Å². The molecule has 1 heterocycles. The average molecular weight is 342 g/mol. The summed E-state index contributed by atoms with van der Waals surface area (Å²) < 4.78 is 6.22. The van der Waals surface area contributed by atoms with Crippen LogP contribution in [0.15, 0.2) is 18.2 Å².